The first kappa shape index (κ1) is 51.1. The summed E-state index contributed by atoms with van der Waals surface area (Å²) in [7, 11) is -9.65. The van der Waals surface area contributed by atoms with Gasteiger partial charge in [-0.05, 0) is 24.7 Å². The molecule has 0 saturated heterocycles. The Morgan fingerprint density at radius 3 is 1.46 bits per heavy atom. The molecule has 310 valence electrons. The summed E-state index contributed by atoms with van der Waals surface area (Å²) >= 11 is 0. The number of carbonyl (C=O) groups is 2. The fourth-order valence-corrected chi connectivity index (χ4v) is 6.66. The van der Waals surface area contributed by atoms with E-state index in [1.54, 1.807) is 0 Å². The van der Waals surface area contributed by atoms with E-state index in [2.05, 4.69) is 36.7 Å². The third kappa shape index (κ3) is 36.1. The zero-order valence-corrected chi connectivity index (χ0v) is 34.5. The molecule has 0 aromatic carbocycles. The molecule has 0 rings (SSSR count). The molecule has 4 N–H and O–H groups in total. The van der Waals surface area contributed by atoms with Crippen molar-refractivity contribution in [1.82, 2.24) is 0 Å². The first-order valence-corrected chi connectivity index (χ1v) is 23.0. The smallest absolute Gasteiger partial charge is 0.462 e. The highest BCUT2D eigenvalue weighted by molar-refractivity contribution is 7.47. The molecule has 2 unspecified atom stereocenters. The Balaban J connectivity index is 4.56. The normalized spacial score (nSPS) is 14.9. The van der Waals surface area contributed by atoms with Crippen molar-refractivity contribution in [2.45, 2.75) is 188 Å². The topological polar surface area (TPSA) is 195 Å². The molecule has 0 aliphatic rings. The van der Waals surface area contributed by atoms with Crippen LogP contribution in [0.4, 0.5) is 0 Å². The zero-order valence-electron chi connectivity index (χ0n) is 32.8. The minimum absolute atomic E-state index is 0.136. The van der Waals surface area contributed by atoms with E-state index in [-0.39, 0.29) is 19.4 Å². The molecule has 52 heavy (non-hydrogen) atoms. The van der Waals surface area contributed by atoms with Gasteiger partial charge in [0, 0.05) is 12.8 Å². The summed E-state index contributed by atoms with van der Waals surface area (Å²) in [4.78, 5) is 52.5. The number of aliphatic hydroxyl groups excluding tert-OH is 1. The molecule has 15 heteroatoms. The average Bonchev–Trinajstić information content (AvgIpc) is 3.08. The Morgan fingerprint density at radius 2 is 0.981 bits per heavy atom. The van der Waals surface area contributed by atoms with Crippen molar-refractivity contribution in [3.8, 4) is 0 Å². The first-order valence-electron chi connectivity index (χ1n) is 20.0. The lowest BCUT2D eigenvalue weighted by Gasteiger charge is -2.20. The van der Waals surface area contributed by atoms with E-state index in [4.69, 9.17) is 23.8 Å². The van der Waals surface area contributed by atoms with Gasteiger partial charge in [-0.2, -0.15) is 0 Å². The van der Waals surface area contributed by atoms with Crippen LogP contribution in [0.25, 0.3) is 0 Å². The Morgan fingerprint density at radius 1 is 0.558 bits per heavy atom. The number of hydrogen-bond donors (Lipinski definition) is 4. The van der Waals surface area contributed by atoms with Crippen molar-refractivity contribution in [2.75, 3.05) is 26.4 Å². The number of phosphoric ester groups is 2. The molecule has 0 spiro atoms. The number of carbonyl (C=O) groups excluding carboxylic acids is 2. The van der Waals surface area contributed by atoms with E-state index in [1.165, 1.54) is 83.5 Å². The predicted octanol–water partition coefficient (Wildman–Crippen LogP) is 9.33. The Kier molecular flexibility index (Phi) is 31.8. The van der Waals surface area contributed by atoms with Crippen LogP contribution in [-0.2, 0) is 41.8 Å². The number of esters is 2. The summed E-state index contributed by atoms with van der Waals surface area (Å²) in [5.41, 5.74) is 0. The van der Waals surface area contributed by atoms with Crippen molar-refractivity contribution >= 4 is 27.6 Å². The predicted molar refractivity (Wildman–Crippen MR) is 202 cm³/mol. The molecule has 13 nitrogen and oxygen atoms in total. The second-order valence-corrected chi connectivity index (χ2v) is 17.3. The van der Waals surface area contributed by atoms with Gasteiger partial charge in [-0.1, -0.05) is 150 Å². The molecule has 0 aliphatic carbocycles. The minimum Gasteiger partial charge on any atom is -0.462 e. The maximum absolute atomic E-state index is 12.6. The van der Waals surface area contributed by atoms with Crippen LogP contribution in [0.5, 0.6) is 0 Å². The second-order valence-electron chi connectivity index (χ2n) is 14.6. The number of rotatable bonds is 37. The van der Waals surface area contributed by atoms with Gasteiger partial charge in [0.2, 0.25) is 0 Å². The molecule has 0 aromatic rings. The molecule has 0 aliphatic heterocycles. The maximum Gasteiger partial charge on any atom is 0.472 e. The van der Waals surface area contributed by atoms with Gasteiger partial charge >= 0.3 is 27.6 Å². The molecule has 0 saturated carbocycles. The standard InChI is InChI=1S/C37H74O13P2/c1-5-33(4)25-21-17-13-8-6-7-9-15-19-23-27-37(40)50-35(31-49-52(44,45)48-29-34(38)28-47-51(41,42)43)30-46-36(39)26-22-18-14-11-10-12-16-20-24-32(2)3/h32-35,38H,5-31H2,1-4H3,(H,44,45)(H2,41,42,43)/t33?,34-,35+/m0/s1. The van der Waals surface area contributed by atoms with E-state index < -0.39 is 59.6 Å². The van der Waals surface area contributed by atoms with Gasteiger partial charge < -0.3 is 29.3 Å². The van der Waals surface area contributed by atoms with Crippen LogP contribution >= 0.6 is 15.6 Å². The van der Waals surface area contributed by atoms with Crippen LogP contribution in [0.1, 0.15) is 175 Å². The van der Waals surface area contributed by atoms with Crippen LogP contribution in [0, 0.1) is 11.8 Å². The first-order chi connectivity index (χ1) is 24.6. The lowest BCUT2D eigenvalue weighted by atomic mass is 9.99. The van der Waals surface area contributed by atoms with Crippen LogP contribution in [0.2, 0.25) is 0 Å². The van der Waals surface area contributed by atoms with Crippen LogP contribution < -0.4 is 0 Å². The summed E-state index contributed by atoms with van der Waals surface area (Å²) in [6.45, 7) is 6.36. The van der Waals surface area contributed by atoms with Gasteiger partial charge in [-0.3, -0.25) is 23.2 Å². The van der Waals surface area contributed by atoms with Gasteiger partial charge in [0.15, 0.2) is 6.10 Å². The monoisotopic (exact) mass is 788 g/mol. The number of phosphoric acid groups is 2. The van der Waals surface area contributed by atoms with E-state index in [0.717, 1.165) is 50.4 Å². The lowest BCUT2D eigenvalue weighted by Crippen LogP contribution is -2.30. The van der Waals surface area contributed by atoms with Gasteiger partial charge in [-0.25, -0.2) is 9.13 Å². The fourth-order valence-electron chi connectivity index (χ4n) is 5.51. The van der Waals surface area contributed by atoms with E-state index in [9.17, 15) is 28.7 Å². The second kappa shape index (κ2) is 32.4. The zero-order chi connectivity index (χ0) is 39.1. The SMILES string of the molecule is CCC(C)CCCCCCCCCCCCC(=O)O[C@H](COC(=O)CCCCCCCCCCC(C)C)COP(=O)(O)OC[C@@H](O)COP(=O)(O)O. The summed E-state index contributed by atoms with van der Waals surface area (Å²) in [6.07, 6.45) is 21.2. The number of ether oxygens (including phenoxy) is 2. The van der Waals surface area contributed by atoms with Gasteiger partial charge in [0.1, 0.15) is 12.7 Å². The van der Waals surface area contributed by atoms with Crippen molar-refractivity contribution in [2.24, 2.45) is 11.8 Å². The molecule has 0 bridgehead atoms. The third-order valence-corrected chi connectivity index (χ3v) is 10.4. The number of hydrogen-bond acceptors (Lipinski definition) is 10. The molecule has 0 aromatic heterocycles. The number of aliphatic hydroxyl groups is 1. The highest BCUT2D eigenvalue weighted by Gasteiger charge is 2.28. The average molecular weight is 789 g/mol. The molecular weight excluding hydrogens is 714 g/mol. The van der Waals surface area contributed by atoms with Gasteiger partial charge in [0.05, 0.1) is 19.8 Å². The van der Waals surface area contributed by atoms with E-state index >= 15 is 0 Å². The third-order valence-electron chi connectivity index (χ3n) is 8.95. The Labute approximate surface area is 314 Å². The molecule has 0 radical (unpaired) electrons. The van der Waals surface area contributed by atoms with Crippen molar-refractivity contribution in [3.63, 3.8) is 0 Å². The Hall–Kier alpha value is -0.880. The largest absolute Gasteiger partial charge is 0.472 e. The van der Waals surface area contributed by atoms with E-state index in [0.29, 0.717) is 12.8 Å². The highest BCUT2D eigenvalue weighted by atomic mass is 31.2. The van der Waals surface area contributed by atoms with Gasteiger partial charge in [0.25, 0.3) is 0 Å². The van der Waals surface area contributed by atoms with Crippen LogP contribution in [0.3, 0.4) is 0 Å². The quantitative estimate of drug-likeness (QED) is 0.0264. The van der Waals surface area contributed by atoms with Crippen LogP contribution in [-0.4, -0.2) is 70.4 Å². The molecular formula is C37H74O13P2. The molecule has 0 heterocycles. The molecule has 0 amide bonds. The summed E-state index contributed by atoms with van der Waals surface area (Å²) in [5, 5.41) is 9.71. The minimum atomic E-state index is -4.85. The lowest BCUT2D eigenvalue weighted by molar-refractivity contribution is -0.161. The van der Waals surface area contributed by atoms with Crippen molar-refractivity contribution < 1.29 is 61.6 Å². The summed E-state index contributed by atoms with van der Waals surface area (Å²) in [6, 6.07) is 0. The number of unbranched alkanes of at least 4 members (excludes halogenated alkanes) is 16. The molecule has 0 fully saturated rings. The summed E-state index contributed by atoms with van der Waals surface area (Å²) < 4.78 is 47.6. The van der Waals surface area contributed by atoms with Gasteiger partial charge in [-0.15, -0.1) is 0 Å². The van der Waals surface area contributed by atoms with E-state index in [1.807, 2.05) is 0 Å². The van der Waals surface area contributed by atoms with Crippen molar-refractivity contribution in [3.05, 3.63) is 0 Å². The Bertz CT molecular complexity index is 975. The maximum atomic E-state index is 12.6. The molecule has 4 atom stereocenters. The van der Waals surface area contributed by atoms with Crippen LogP contribution in [0.15, 0.2) is 0 Å². The highest BCUT2D eigenvalue weighted by Crippen LogP contribution is 2.43. The fraction of sp³-hybridized carbons (Fsp3) is 0.946. The summed E-state index contributed by atoms with van der Waals surface area (Å²) in [5.74, 6) is 0.542. The van der Waals surface area contributed by atoms with Crippen molar-refractivity contribution in [1.29, 1.82) is 0 Å².